The fourth-order valence-corrected chi connectivity index (χ4v) is 2.78. The van der Waals surface area contributed by atoms with Gasteiger partial charge in [-0.05, 0) is 43.7 Å². The van der Waals surface area contributed by atoms with Crippen molar-refractivity contribution in [3.05, 3.63) is 59.7 Å². The summed E-state index contributed by atoms with van der Waals surface area (Å²) in [4.78, 5) is 12.2. The molecule has 0 saturated heterocycles. The van der Waals surface area contributed by atoms with E-state index in [0.717, 1.165) is 17.5 Å². The third-order valence-corrected chi connectivity index (χ3v) is 4.16. The Balaban J connectivity index is 1.86. The highest BCUT2D eigenvalue weighted by Crippen LogP contribution is 2.15. The van der Waals surface area contributed by atoms with Crippen molar-refractivity contribution in [3.8, 4) is 0 Å². The molecule has 6 nitrogen and oxygen atoms in total. The van der Waals surface area contributed by atoms with Crippen molar-refractivity contribution in [2.24, 2.45) is 0 Å². The van der Waals surface area contributed by atoms with Crippen LogP contribution in [0.25, 0.3) is 0 Å². The van der Waals surface area contributed by atoms with E-state index in [9.17, 15) is 13.2 Å². The van der Waals surface area contributed by atoms with E-state index in [4.69, 9.17) is 0 Å². The molecule has 0 fully saturated rings. The van der Waals surface area contributed by atoms with Gasteiger partial charge in [0.1, 0.15) is 6.04 Å². The van der Waals surface area contributed by atoms with Crippen LogP contribution in [-0.2, 0) is 21.4 Å². The molecule has 0 aromatic heterocycles. The van der Waals surface area contributed by atoms with Crippen LogP contribution in [0, 0.1) is 6.92 Å². The molecular weight excluding hydrogens is 338 g/mol. The van der Waals surface area contributed by atoms with Gasteiger partial charge in [-0.3, -0.25) is 9.52 Å². The summed E-state index contributed by atoms with van der Waals surface area (Å²) < 4.78 is 24.8. The van der Waals surface area contributed by atoms with Crippen LogP contribution in [0.1, 0.15) is 18.1 Å². The summed E-state index contributed by atoms with van der Waals surface area (Å²) in [5.74, 6) is -0.112. The number of rotatable bonds is 7. The molecule has 0 bridgehead atoms. The van der Waals surface area contributed by atoms with Gasteiger partial charge in [-0.15, -0.1) is 0 Å². The minimum absolute atomic E-state index is 0.112. The monoisotopic (exact) mass is 361 g/mol. The van der Waals surface area contributed by atoms with E-state index >= 15 is 0 Å². The first-order valence-electron chi connectivity index (χ1n) is 7.90. The standard InChI is InChI=1S/C18H23N3O3S/c1-13-4-6-15(7-5-13)12-19-18(22)14(2)20-16-8-10-17(11-9-16)21-25(3,23)24/h4-11,14,20-21H,12H2,1-3H3,(H,19,22)/t14-/m0/s1. The normalized spacial score (nSPS) is 12.3. The van der Waals surface area contributed by atoms with Gasteiger partial charge in [-0.2, -0.15) is 0 Å². The van der Waals surface area contributed by atoms with Gasteiger partial charge in [0, 0.05) is 17.9 Å². The quantitative estimate of drug-likeness (QED) is 0.707. The zero-order chi connectivity index (χ0) is 18.4. The van der Waals surface area contributed by atoms with Crippen molar-refractivity contribution in [2.75, 3.05) is 16.3 Å². The van der Waals surface area contributed by atoms with Gasteiger partial charge in [0.05, 0.1) is 6.26 Å². The molecule has 0 radical (unpaired) electrons. The second kappa shape index (κ2) is 8.02. The molecule has 0 spiro atoms. The summed E-state index contributed by atoms with van der Waals surface area (Å²) in [6.45, 7) is 4.26. The van der Waals surface area contributed by atoms with Gasteiger partial charge >= 0.3 is 0 Å². The Hall–Kier alpha value is -2.54. The largest absolute Gasteiger partial charge is 0.374 e. The first-order chi connectivity index (χ1) is 11.7. The predicted molar refractivity (Wildman–Crippen MR) is 101 cm³/mol. The van der Waals surface area contributed by atoms with Crippen LogP contribution in [0.4, 0.5) is 11.4 Å². The minimum atomic E-state index is -3.30. The van der Waals surface area contributed by atoms with Gasteiger partial charge in [0.2, 0.25) is 15.9 Å². The van der Waals surface area contributed by atoms with Gasteiger partial charge in [-0.1, -0.05) is 29.8 Å². The molecule has 2 aromatic carbocycles. The highest BCUT2D eigenvalue weighted by molar-refractivity contribution is 7.92. The van der Waals surface area contributed by atoms with Gasteiger partial charge in [-0.25, -0.2) is 8.42 Å². The number of hydrogen-bond donors (Lipinski definition) is 3. The number of aryl methyl sites for hydroxylation is 1. The van der Waals surface area contributed by atoms with Crippen LogP contribution in [0.15, 0.2) is 48.5 Å². The molecule has 0 heterocycles. The molecule has 1 atom stereocenters. The summed E-state index contributed by atoms with van der Waals surface area (Å²) in [5.41, 5.74) is 3.43. The van der Waals surface area contributed by atoms with Crippen molar-refractivity contribution in [1.29, 1.82) is 0 Å². The number of sulfonamides is 1. The van der Waals surface area contributed by atoms with Crippen molar-refractivity contribution in [2.45, 2.75) is 26.4 Å². The Morgan fingerprint density at radius 2 is 1.56 bits per heavy atom. The molecule has 0 aliphatic carbocycles. The Kier molecular flexibility index (Phi) is 6.03. The topological polar surface area (TPSA) is 87.3 Å². The third-order valence-electron chi connectivity index (χ3n) is 3.55. The van der Waals surface area contributed by atoms with Crippen molar-refractivity contribution >= 4 is 27.3 Å². The number of anilines is 2. The van der Waals surface area contributed by atoms with Gasteiger partial charge in [0.25, 0.3) is 0 Å². The second-order valence-corrected chi connectivity index (χ2v) is 7.77. The highest BCUT2D eigenvalue weighted by atomic mass is 32.2. The summed E-state index contributed by atoms with van der Waals surface area (Å²) in [5, 5.41) is 5.98. The molecule has 1 amide bonds. The lowest BCUT2D eigenvalue weighted by Gasteiger charge is -2.16. The van der Waals surface area contributed by atoms with Crippen molar-refractivity contribution in [3.63, 3.8) is 0 Å². The lowest BCUT2D eigenvalue weighted by molar-refractivity contribution is -0.121. The Morgan fingerprint density at radius 3 is 2.12 bits per heavy atom. The van der Waals surface area contributed by atoms with Gasteiger partial charge < -0.3 is 10.6 Å². The van der Waals surface area contributed by atoms with Crippen LogP contribution in [-0.4, -0.2) is 26.6 Å². The number of nitrogens with one attached hydrogen (secondary N) is 3. The van der Waals surface area contributed by atoms with E-state index in [-0.39, 0.29) is 5.91 Å². The molecular formula is C18H23N3O3S. The molecule has 0 aliphatic heterocycles. The number of amides is 1. The number of hydrogen-bond acceptors (Lipinski definition) is 4. The average molecular weight is 361 g/mol. The van der Waals surface area contributed by atoms with Crippen LogP contribution in [0.2, 0.25) is 0 Å². The van der Waals surface area contributed by atoms with Crippen LogP contribution >= 0.6 is 0 Å². The second-order valence-electron chi connectivity index (χ2n) is 6.02. The van der Waals surface area contributed by atoms with E-state index in [2.05, 4.69) is 15.4 Å². The molecule has 25 heavy (non-hydrogen) atoms. The summed E-state index contributed by atoms with van der Waals surface area (Å²) in [6, 6.07) is 14.3. The smallest absolute Gasteiger partial charge is 0.242 e. The zero-order valence-electron chi connectivity index (χ0n) is 14.5. The first kappa shape index (κ1) is 18.8. The zero-order valence-corrected chi connectivity index (χ0v) is 15.4. The van der Waals surface area contributed by atoms with Crippen LogP contribution in [0.3, 0.4) is 0 Å². The number of carbonyl (C=O) groups excluding carboxylic acids is 1. The fourth-order valence-electron chi connectivity index (χ4n) is 2.21. The van der Waals surface area contributed by atoms with E-state index in [1.165, 1.54) is 5.56 Å². The maximum Gasteiger partial charge on any atom is 0.242 e. The van der Waals surface area contributed by atoms with Crippen LogP contribution in [0.5, 0.6) is 0 Å². The summed E-state index contributed by atoms with van der Waals surface area (Å²) in [7, 11) is -3.30. The number of benzene rings is 2. The van der Waals surface area contributed by atoms with E-state index in [1.807, 2.05) is 31.2 Å². The molecule has 134 valence electrons. The Labute approximate surface area is 148 Å². The first-order valence-corrected chi connectivity index (χ1v) is 9.80. The molecule has 3 N–H and O–H groups in total. The predicted octanol–water partition coefficient (Wildman–Crippen LogP) is 2.48. The number of carbonyl (C=O) groups is 1. The lowest BCUT2D eigenvalue weighted by atomic mass is 10.1. The fraction of sp³-hybridized carbons (Fsp3) is 0.278. The summed E-state index contributed by atoms with van der Waals surface area (Å²) >= 11 is 0. The molecule has 7 heteroatoms. The Morgan fingerprint density at radius 1 is 1.00 bits per heavy atom. The van der Waals surface area contributed by atoms with Crippen molar-refractivity contribution < 1.29 is 13.2 Å². The molecule has 0 unspecified atom stereocenters. The third kappa shape index (κ3) is 6.46. The highest BCUT2D eigenvalue weighted by Gasteiger charge is 2.12. The molecule has 2 rings (SSSR count). The van der Waals surface area contributed by atoms with Crippen LogP contribution < -0.4 is 15.4 Å². The van der Waals surface area contributed by atoms with E-state index < -0.39 is 16.1 Å². The maximum absolute atomic E-state index is 12.2. The van der Waals surface area contributed by atoms with Crippen molar-refractivity contribution in [1.82, 2.24) is 5.32 Å². The van der Waals surface area contributed by atoms with E-state index in [1.54, 1.807) is 31.2 Å². The van der Waals surface area contributed by atoms with E-state index in [0.29, 0.717) is 12.2 Å². The van der Waals surface area contributed by atoms with Gasteiger partial charge in [0.15, 0.2) is 0 Å². The summed E-state index contributed by atoms with van der Waals surface area (Å²) in [6.07, 6.45) is 1.10. The Bertz CT molecular complexity index is 816. The SMILES string of the molecule is Cc1ccc(CNC(=O)[C@H](C)Nc2ccc(NS(C)(=O)=O)cc2)cc1. The average Bonchev–Trinajstić information content (AvgIpc) is 2.54. The minimum Gasteiger partial charge on any atom is -0.374 e. The molecule has 0 aliphatic rings. The molecule has 2 aromatic rings. The maximum atomic E-state index is 12.2. The molecule has 0 saturated carbocycles. The lowest BCUT2D eigenvalue weighted by Crippen LogP contribution is -2.37.